The van der Waals surface area contributed by atoms with E-state index in [-0.39, 0.29) is 47.5 Å². The number of ether oxygens (including phenoxy) is 8. The molecule has 17 nitrogen and oxygen atoms in total. The van der Waals surface area contributed by atoms with Crippen LogP contribution >= 0.6 is 23.5 Å². The summed E-state index contributed by atoms with van der Waals surface area (Å²) in [5.74, 6) is -4.56. The molecule has 1 unspecified atom stereocenters. The SMILES string of the molecule is C=CC(=O)OCC(COc1ccc(OC(=O)C2CCC(C(=O)Oc3ccc(OC(=O)C4CCC(C(=O)Oc5ccc(OC(=O)C=C)cc5)CC4)c4c3SC(=C(C#N)C#N)S4)CC2)cc1)OC(=O)C=C. The number of carbonyl (C=O) groups excluding carboxylic acids is 7. The fourth-order valence-electron chi connectivity index (χ4n) is 7.31. The Kier molecular flexibility index (Phi) is 18.0. The van der Waals surface area contributed by atoms with Crippen LogP contribution in [-0.2, 0) is 43.0 Å². The monoisotopic (exact) mass is 976 g/mol. The van der Waals surface area contributed by atoms with E-state index < -0.39 is 71.6 Å². The number of hydrogen-bond donors (Lipinski definition) is 0. The van der Waals surface area contributed by atoms with Gasteiger partial charge in [-0.2, -0.15) is 10.5 Å². The van der Waals surface area contributed by atoms with E-state index >= 15 is 0 Å². The number of hydrogen-bond acceptors (Lipinski definition) is 19. The van der Waals surface area contributed by atoms with Gasteiger partial charge in [0.15, 0.2) is 6.10 Å². The number of esters is 7. The van der Waals surface area contributed by atoms with Crippen molar-refractivity contribution >= 4 is 65.3 Å². The highest BCUT2D eigenvalue weighted by Crippen LogP contribution is 2.59. The average Bonchev–Trinajstić information content (AvgIpc) is 3.82. The molecule has 0 amide bonds. The Bertz CT molecular complexity index is 2600. The quantitative estimate of drug-likeness (QED) is 0.0506. The third-order valence-corrected chi connectivity index (χ3v) is 13.6. The van der Waals surface area contributed by atoms with Crippen LogP contribution in [-0.4, -0.2) is 61.1 Å². The normalized spacial score (nSPS) is 18.4. The molecule has 2 saturated carbocycles. The standard InChI is InChI=1S/C50H44N2O15S2/c1-4-41(53)61-28-38(63-43(55)6-3)27-60-34-15-17-36(18-16-34)64-46(56)29-7-11-31(12-8-29)48(58)66-39-23-24-40(45-44(39)68-50(69-45)33(25-51)26-52)67-49(59)32-13-9-30(10-14-32)47(57)65-37-21-19-35(20-22-37)62-42(54)5-2/h4-6,15-24,29-32,38H,1-3,7-14,27-28H2. The van der Waals surface area contributed by atoms with E-state index in [2.05, 4.69) is 19.7 Å². The average molecular weight is 977 g/mol. The van der Waals surface area contributed by atoms with Crippen LogP contribution in [0.1, 0.15) is 51.4 Å². The van der Waals surface area contributed by atoms with Gasteiger partial charge in [0.1, 0.15) is 65.4 Å². The number of carbonyl (C=O) groups is 7. The smallest absolute Gasteiger partial charge is 0.335 e. The van der Waals surface area contributed by atoms with Gasteiger partial charge >= 0.3 is 41.8 Å². The van der Waals surface area contributed by atoms with E-state index in [1.807, 2.05) is 12.1 Å². The molecule has 0 radical (unpaired) electrons. The van der Waals surface area contributed by atoms with Crippen molar-refractivity contribution in [3.8, 4) is 46.6 Å². The fourth-order valence-corrected chi connectivity index (χ4v) is 9.79. The molecule has 356 valence electrons. The number of allylic oxidation sites excluding steroid dienone is 1. The Morgan fingerprint density at radius 2 is 0.899 bits per heavy atom. The molecule has 0 saturated heterocycles. The number of fused-ring (bicyclic) bond motifs is 1. The minimum absolute atomic E-state index is 0.150. The van der Waals surface area contributed by atoms with Crippen molar-refractivity contribution in [2.45, 2.75) is 67.3 Å². The highest BCUT2D eigenvalue weighted by atomic mass is 32.2. The second-order valence-corrected chi connectivity index (χ2v) is 17.9. The first kappa shape index (κ1) is 50.8. The van der Waals surface area contributed by atoms with Gasteiger partial charge < -0.3 is 37.9 Å². The molecule has 0 bridgehead atoms. The Labute approximate surface area is 405 Å². The van der Waals surface area contributed by atoms with Crippen molar-refractivity contribution < 1.29 is 71.5 Å². The largest absolute Gasteiger partial charge is 0.490 e. The fraction of sp³-hybridized carbons (Fsp3) is 0.300. The minimum Gasteiger partial charge on any atom is -0.490 e. The van der Waals surface area contributed by atoms with Crippen molar-refractivity contribution in [2.24, 2.45) is 23.7 Å². The molecule has 0 aromatic heterocycles. The maximum Gasteiger partial charge on any atom is 0.335 e. The van der Waals surface area contributed by atoms with E-state index in [1.165, 1.54) is 48.5 Å². The van der Waals surface area contributed by atoms with Crippen molar-refractivity contribution in [3.63, 3.8) is 0 Å². The van der Waals surface area contributed by atoms with E-state index in [4.69, 9.17) is 37.9 Å². The second kappa shape index (κ2) is 24.4. The Morgan fingerprint density at radius 3 is 1.29 bits per heavy atom. The Morgan fingerprint density at radius 1 is 0.522 bits per heavy atom. The van der Waals surface area contributed by atoms with Gasteiger partial charge in [-0.05, 0) is 112 Å². The van der Waals surface area contributed by atoms with Gasteiger partial charge in [-0.1, -0.05) is 43.3 Å². The van der Waals surface area contributed by atoms with E-state index in [0.717, 1.165) is 41.8 Å². The van der Waals surface area contributed by atoms with Gasteiger partial charge in [0, 0.05) is 18.2 Å². The van der Waals surface area contributed by atoms with Crippen LogP contribution in [0, 0.1) is 46.3 Å². The van der Waals surface area contributed by atoms with Crippen LogP contribution in [0.4, 0.5) is 0 Å². The number of nitriles is 2. The van der Waals surface area contributed by atoms with Crippen molar-refractivity contribution in [3.05, 3.63) is 108 Å². The lowest BCUT2D eigenvalue weighted by Crippen LogP contribution is -2.30. The van der Waals surface area contributed by atoms with Crippen LogP contribution in [0.5, 0.6) is 34.5 Å². The number of benzene rings is 3. The summed E-state index contributed by atoms with van der Waals surface area (Å²) in [6, 6.07) is 18.9. The summed E-state index contributed by atoms with van der Waals surface area (Å²) in [6.07, 6.45) is 4.89. The molecular formula is C50H44N2O15S2. The summed E-state index contributed by atoms with van der Waals surface area (Å²) in [4.78, 5) is 88.5. The molecule has 3 aliphatic rings. The zero-order valence-electron chi connectivity index (χ0n) is 36.9. The van der Waals surface area contributed by atoms with Gasteiger partial charge in [0.25, 0.3) is 0 Å². The molecule has 0 N–H and O–H groups in total. The summed E-state index contributed by atoms with van der Waals surface area (Å²) in [5, 5.41) is 19.3. The Hall–Kier alpha value is -7.61. The molecule has 2 aliphatic carbocycles. The van der Waals surface area contributed by atoms with E-state index in [1.54, 1.807) is 12.1 Å². The highest BCUT2D eigenvalue weighted by Gasteiger charge is 2.37. The van der Waals surface area contributed by atoms with Gasteiger partial charge in [0.2, 0.25) is 0 Å². The van der Waals surface area contributed by atoms with Crippen molar-refractivity contribution in [2.75, 3.05) is 13.2 Å². The van der Waals surface area contributed by atoms with E-state index in [0.29, 0.717) is 71.1 Å². The molecule has 69 heavy (non-hydrogen) atoms. The van der Waals surface area contributed by atoms with Gasteiger partial charge in [-0.25, -0.2) is 14.4 Å². The third kappa shape index (κ3) is 14.0. The molecule has 0 spiro atoms. The lowest BCUT2D eigenvalue weighted by Gasteiger charge is -2.26. The van der Waals surface area contributed by atoms with E-state index in [9.17, 15) is 44.1 Å². The zero-order chi connectivity index (χ0) is 49.5. The predicted molar refractivity (Wildman–Crippen MR) is 245 cm³/mol. The molecule has 3 aromatic rings. The van der Waals surface area contributed by atoms with Crippen LogP contribution in [0.2, 0.25) is 0 Å². The maximum absolute atomic E-state index is 13.6. The van der Waals surface area contributed by atoms with Crippen LogP contribution < -0.4 is 28.4 Å². The molecule has 1 atom stereocenters. The number of thioether (sulfide) groups is 2. The summed E-state index contributed by atoms with van der Waals surface area (Å²) in [5.41, 5.74) is -0.162. The zero-order valence-corrected chi connectivity index (χ0v) is 38.6. The lowest BCUT2D eigenvalue weighted by atomic mass is 9.82. The molecule has 19 heteroatoms. The predicted octanol–water partition coefficient (Wildman–Crippen LogP) is 8.08. The molecule has 6 rings (SSSR count). The third-order valence-electron chi connectivity index (χ3n) is 11.0. The first-order chi connectivity index (χ1) is 33.3. The van der Waals surface area contributed by atoms with Gasteiger partial charge in [-0.3, -0.25) is 19.2 Å². The maximum atomic E-state index is 13.6. The second-order valence-electron chi connectivity index (χ2n) is 15.6. The lowest BCUT2D eigenvalue weighted by molar-refractivity contribution is -0.154. The molecule has 1 aliphatic heterocycles. The Balaban J connectivity index is 0.997. The summed E-state index contributed by atoms with van der Waals surface area (Å²) in [6.45, 7) is 9.60. The van der Waals surface area contributed by atoms with Crippen LogP contribution in [0.3, 0.4) is 0 Å². The van der Waals surface area contributed by atoms with Crippen LogP contribution in [0.25, 0.3) is 0 Å². The summed E-state index contributed by atoms with van der Waals surface area (Å²) < 4.78 is 44.1. The van der Waals surface area contributed by atoms with Gasteiger partial charge in [-0.15, -0.1) is 0 Å². The number of nitrogens with zero attached hydrogens (tertiary/aromatic N) is 2. The first-order valence-electron chi connectivity index (χ1n) is 21.5. The minimum atomic E-state index is -0.929. The van der Waals surface area contributed by atoms with Crippen molar-refractivity contribution in [1.29, 1.82) is 10.5 Å². The van der Waals surface area contributed by atoms with Crippen molar-refractivity contribution in [1.82, 2.24) is 0 Å². The topological polar surface area (TPSA) is 241 Å². The summed E-state index contributed by atoms with van der Waals surface area (Å²) >= 11 is 2.11. The molecule has 2 fully saturated rings. The van der Waals surface area contributed by atoms with Crippen LogP contribution in [0.15, 0.2) is 118 Å². The highest BCUT2D eigenvalue weighted by molar-refractivity contribution is 8.24. The number of rotatable bonds is 18. The van der Waals surface area contributed by atoms with Gasteiger partial charge in [0.05, 0.1) is 37.7 Å². The summed E-state index contributed by atoms with van der Waals surface area (Å²) in [7, 11) is 0. The first-order valence-corrected chi connectivity index (χ1v) is 23.2. The molecule has 1 heterocycles. The molecule has 3 aromatic carbocycles. The molecular weight excluding hydrogens is 933 g/mol.